The molecule has 2 unspecified atom stereocenters. The molecule has 2 aliphatic rings. The van der Waals surface area contributed by atoms with E-state index >= 15 is 0 Å². The van der Waals surface area contributed by atoms with Crippen molar-refractivity contribution in [3.05, 3.63) is 65.7 Å². The number of ether oxygens (including phenoxy) is 4. The van der Waals surface area contributed by atoms with Gasteiger partial charge >= 0.3 is 0 Å². The maximum absolute atomic E-state index is 12.1. The Morgan fingerprint density at radius 2 is 1.13 bits per heavy atom. The molecule has 13 heteroatoms. The zero-order valence-electron chi connectivity index (χ0n) is 24.9. The van der Waals surface area contributed by atoms with Gasteiger partial charge in [0.2, 0.25) is 5.75 Å². The van der Waals surface area contributed by atoms with Gasteiger partial charge in [-0.25, -0.2) is 0 Å². The number of hydrogen-bond donors (Lipinski definition) is 7. The highest BCUT2D eigenvalue weighted by Gasteiger charge is 2.39. The van der Waals surface area contributed by atoms with Crippen LogP contribution in [-0.4, -0.2) is 124 Å². The molecule has 246 valence electrons. The summed E-state index contributed by atoms with van der Waals surface area (Å²) in [7, 11) is 2.79. The van der Waals surface area contributed by atoms with Crippen LogP contribution >= 0.6 is 0 Å². The van der Waals surface area contributed by atoms with Gasteiger partial charge in [-0.05, 0) is 35.4 Å². The molecule has 0 aromatic heterocycles. The molecular formula is C32H40O13. The summed E-state index contributed by atoms with van der Waals surface area (Å²) in [5.74, 6) is -0.274. The fraction of sp³-hybridized carbons (Fsp3) is 0.438. The minimum absolute atomic E-state index is 0.0335. The molecule has 2 saturated heterocycles. The lowest BCUT2D eigenvalue weighted by atomic mass is 9.96. The van der Waals surface area contributed by atoms with Gasteiger partial charge in [0.05, 0.1) is 39.6 Å². The third-order valence-corrected chi connectivity index (χ3v) is 7.24. The Kier molecular flexibility index (Phi) is 13.6. The summed E-state index contributed by atoms with van der Waals surface area (Å²) in [5, 5.41) is 67.3. The first-order chi connectivity index (χ1) is 21.4. The molecule has 2 aliphatic heterocycles. The predicted molar refractivity (Wildman–Crippen MR) is 160 cm³/mol. The van der Waals surface area contributed by atoms with E-state index in [1.54, 1.807) is 6.08 Å². The smallest absolute Gasteiger partial charge is 0.200 e. The maximum atomic E-state index is 12.1. The number of aliphatic hydroxyl groups is 6. The van der Waals surface area contributed by atoms with Crippen molar-refractivity contribution in [1.29, 1.82) is 0 Å². The lowest BCUT2D eigenvalue weighted by Gasteiger charge is -2.34. The number of rotatable bonds is 10. The molecule has 4 rings (SSSR count). The quantitative estimate of drug-likeness (QED) is 0.172. The van der Waals surface area contributed by atoms with E-state index < -0.39 is 48.8 Å². The monoisotopic (exact) mass is 632 g/mol. The standard InChI is InChI=1S/C17H22O8.C15H18O5/c1-23-12-5-9(6-13(24-2)16(12)21)3-4-10(18)7-14-17(22)15(20)11(19)8-25-14;16-11(7-6-10-4-2-1-3-5-10)8-13-15(19)14(18)12(17)9-20-13/h3-6,11,14-15,17,19-22H,7-8H2,1-2H3;1-7,12-15,17-19H,8-9H2/b;7-6+/t11-,14?,15+,17+;12-,13?,14+,15+/m11/s1. The molecule has 0 saturated carbocycles. The highest BCUT2D eigenvalue weighted by Crippen LogP contribution is 2.37. The summed E-state index contributed by atoms with van der Waals surface area (Å²) in [6, 6.07) is 12.4. The van der Waals surface area contributed by atoms with E-state index in [0.717, 1.165) is 5.56 Å². The Balaban J connectivity index is 0.000000251. The van der Waals surface area contributed by atoms with Crippen LogP contribution in [0.5, 0.6) is 17.2 Å². The summed E-state index contributed by atoms with van der Waals surface area (Å²) in [6.07, 6.45) is -3.46. The predicted octanol–water partition coefficient (Wildman–Crippen LogP) is 0.00380. The average Bonchev–Trinajstić information content (AvgIpc) is 3.04. The second-order valence-electron chi connectivity index (χ2n) is 10.5. The van der Waals surface area contributed by atoms with Crippen molar-refractivity contribution in [3.63, 3.8) is 0 Å². The molecular weight excluding hydrogens is 592 g/mol. The molecule has 0 aliphatic carbocycles. The van der Waals surface area contributed by atoms with Crippen LogP contribution < -0.4 is 9.47 Å². The Morgan fingerprint density at radius 3 is 1.56 bits per heavy atom. The molecule has 2 aromatic carbocycles. The van der Waals surface area contributed by atoms with Crippen molar-refractivity contribution in [2.45, 2.75) is 61.7 Å². The number of carbonyl (C=O) groups excluding carboxylic acids is 2. The summed E-state index contributed by atoms with van der Waals surface area (Å²) < 4.78 is 20.5. The van der Waals surface area contributed by atoms with Gasteiger partial charge in [0.15, 0.2) is 23.1 Å². The Labute approximate surface area is 260 Å². The summed E-state index contributed by atoms with van der Waals surface area (Å²) in [4.78, 5) is 23.9. The van der Waals surface area contributed by atoms with E-state index in [4.69, 9.17) is 18.9 Å². The Morgan fingerprint density at radius 1 is 0.711 bits per heavy atom. The number of phenolic OH excluding ortho intramolecular Hbond substituents is 1. The van der Waals surface area contributed by atoms with Crippen LogP contribution in [0.4, 0.5) is 0 Å². The molecule has 7 N–H and O–H groups in total. The lowest BCUT2D eigenvalue weighted by molar-refractivity contribution is -0.188. The largest absolute Gasteiger partial charge is 0.502 e. The van der Waals surface area contributed by atoms with E-state index in [1.165, 1.54) is 44.6 Å². The SMILES string of the molecule is COc1cc(C=CC(=O)CC2OC[C@@H](O)[C@H](O)[C@H]2O)cc(OC)c1O.O=C(/C=C/c1ccccc1)CC1OC[C@@H](O)[C@H](O)[C@H]1O. The third-order valence-electron chi connectivity index (χ3n) is 7.24. The molecule has 2 aromatic rings. The molecule has 45 heavy (non-hydrogen) atoms. The van der Waals surface area contributed by atoms with Crippen LogP contribution in [0.15, 0.2) is 54.6 Å². The number of allylic oxidation sites excluding steroid dienone is 2. The lowest BCUT2D eigenvalue weighted by Crippen LogP contribution is -2.53. The molecule has 8 atom stereocenters. The minimum atomic E-state index is -1.35. The average molecular weight is 633 g/mol. The van der Waals surface area contributed by atoms with Gasteiger partial charge in [0, 0.05) is 12.8 Å². The van der Waals surface area contributed by atoms with Crippen molar-refractivity contribution in [1.82, 2.24) is 0 Å². The normalized spacial score (nSPS) is 28.4. The van der Waals surface area contributed by atoms with E-state index in [1.807, 2.05) is 30.3 Å². The topological polar surface area (TPSA) is 213 Å². The Hall–Kier alpha value is -3.66. The van der Waals surface area contributed by atoms with Gasteiger partial charge in [0.25, 0.3) is 0 Å². The number of phenols is 1. The van der Waals surface area contributed by atoms with E-state index in [9.17, 15) is 45.3 Å². The fourth-order valence-corrected chi connectivity index (χ4v) is 4.58. The van der Waals surface area contributed by atoms with Crippen molar-refractivity contribution >= 4 is 23.7 Å². The van der Waals surface area contributed by atoms with Crippen LogP contribution in [-0.2, 0) is 19.1 Å². The van der Waals surface area contributed by atoms with Crippen LogP contribution in [0.1, 0.15) is 24.0 Å². The van der Waals surface area contributed by atoms with Gasteiger partial charge in [-0.1, -0.05) is 42.5 Å². The molecule has 0 radical (unpaired) electrons. The first-order valence-corrected chi connectivity index (χ1v) is 14.2. The van der Waals surface area contributed by atoms with Gasteiger partial charge in [-0.15, -0.1) is 0 Å². The van der Waals surface area contributed by atoms with E-state index in [2.05, 4.69) is 0 Å². The Bertz CT molecular complexity index is 1290. The second kappa shape index (κ2) is 17.1. The number of aliphatic hydroxyl groups excluding tert-OH is 6. The zero-order valence-corrected chi connectivity index (χ0v) is 24.9. The van der Waals surface area contributed by atoms with Gasteiger partial charge in [-0.2, -0.15) is 0 Å². The molecule has 2 fully saturated rings. The second-order valence-corrected chi connectivity index (χ2v) is 10.5. The van der Waals surface area contributed by atoms with Crippen LogP contribution in [0.2, 0.25) is 0 Å². The molecule has 0 amide bonds. The number of benzene rings is 2. The zero-order chi connectivity index (χ0) is 33.1. The maximum Gasteiger partial charge on any atom is 0.200 e. The first-order valence-electron chi connectivity index (χ1n) is 14.2. The minimum Gasteiger partial charge on any atom is -0.502 e. The summed E-state index contributed by atoms with van der Waals surface area (Å²) in [6.45, 7) is -0.231. The number of hydrogen-bond acceptors (Lipinski definition) is 13. The van der Waals surface area contributed by atoms with Crippen LogP contribution in [0, 0.1) is 0 Å². The van der Waals surface area contributed by atoms with E-state index in [-0.39, 0.29) is 54.9 Å². The number of carbonyl (C=O) groups is 2. The van der Waals surface area contributed by atoms with Crippen molar-refractivity contribution < 1.29 is 64.3 Å². The first kappa shape index (κ1) is 35.8. The van der Waals surface area contributed by atoms with E-state index in [0.29, 0.717) is 5.56 Å². The van der Waals surface area contributed by atoms with Gasteiger partial charge in [-0.3, -0.25) is 9.59 Å². The number of methoxy groups -OCH3 is 2. The van der Waals surface area contributed by atoms with Crippen LogP contribution in [0.3, 0.4) is 0 Å². The van der Waals surface area contributed by atoms with Crippen molar-refractivity contribution in [2.24, 2.45) is 0 Å². The van der Waals surface area contributed by atoms with Crippen molar-refractivity contribution in [3.8, 4) is 17.2 Å². The van der Waals surface area contributed by atoms with Crippen LogP contribution in [0.25, 0.3) is 12.2 Å². The molecule has 0 spiro atoms. The van der Waals surface area contributed by atoms with Gasteiger partial charge in [0.1, 0.15) is 36.6 Å². The van der Waals surface area contributed by atoms with Crippen molar-refractivity contribution in [2.75, 3.05) is 27.4 Å². The summed E-state index contributed by atoms with van der Waals surface area (Å²) in [5.41, 5.74) is 1.47. The molecule has 0 bridgehead atoms. The molecule has 2 heterocycles. The highest BCUT2D eigenvalue weighted by atomic mass is 16.5. The number of ketones is 2. The highest BCUT2D eigenvalue weighted by molar-refractivity contribution is 5.94. The van der Waals surface area contributed by atoms with Gasteiger partial charge < -0.3 is 54.7 Å². The summed E-state index contributed by atoms with van der Waals surface area (Å²) >= 11 is 0. The third kappa shape index (κ3) is 10.2. The fourth-order valence-electron chi connectivity index (χ4n) is 4.58. The number of aromatic hydroxyl groups is 1. The molecule has 13 nitrogen and oxygen atoms in total.